The van der Waals surface area contributed by atoms with E-state index in [0.29, 0.717) is 21.5 Å². The Hall–Kier alpha value is -2.80. The molecule has 0 unspecified atom stereocenters. The van der Waals surface area contributed by atoms with Crippen LogP contribution in [0.25, 0.3) is 6.08 Å². The van der Waals surface area contributed by atoms with Gasteiger partial charge in [0.1, 0.15) is 5.75 Å². The molecular formula is C18H16BrNO5. The van der Waals surface area contributed by atoms with Gasteiger partial charge >= 0.3 is 5.97 Å². The number of esters is 1. The summed E-state index contributed by atoms with van der Waals surface area (Å²) in [6, 6.07) is 10.5. The van der Waals surface area contributed by atoms with Gasteiger partial charge in [0.2, 0.25) is 0 Å². The van der Waals surface area contributed by atoms with Crippen molar-refractivity contribution in [3.8, 4) is 17.2 Å². The van der Waals surface area contributed by atoms with Gasteiger partial charge in [0.15, 0.2) is 11.5 Å². The Balaban J connectivity index is 2.18. The van der Waals surface area contributed by atoms with Crippen molar-refractivity contribution in [2.75, 3.05) is 14.2 Å². The van der Waals surface area contributed by atoms with Gasteiger partial charge in [-0.1, -0.05) is 17.3 Å². The number of methoxy groups -OCH3 is 2. The average Bonchev–Trinajstić information content (AvgIpc) is 2.62. The Bertz CT molecular complexity index is 817. The monoisotopic (exact) mass is 405 g/mol. The molecule has 0 aliphatic carbocycles. The van der Waals surface area contributed by atoms with Crippen molar-refractivity contribution >= 4 is 34.2 Å². The predicted molar refractivity (Wildman–Crippen MR) is 97.7 cm³/mol. The average molecular weight is 406 g/mol. The Morgan fingerprint density at radius 2 is 1.96 bits per heavy atom. The van der Waals surface area contributed by atoms with Crippen LogP contribution in [0, 0.1) is 0 Å². The van der Waals surface area contributed by atoms with Gasteiger partial charge in [-0.2, -0.15) is 0 Å². The number of halogens is 1. The van der Waals surface area contributed by atoms with E-state index in [4.69, 9.17) is 19.4 Å². The zero-order valence-corrected chi connectivity index (χ0v) is 15.2. The summed E-state index contributed by atoms with van der Waals surface area (Å²) in [5, 5.41) is 11.6. The second-order valence-corrected chi connectivity index (χ2v) is 5.66. The first kappa shape index (κ1) is 18.5. The van der Waals surface area contributed by atoms with Crippen molar-refractivity contribution in [2.45, 2.75) is 0 Å². The first-order chi connectivity index (χ1) is 12.1. The van der Waals surface area contributed by atoms with Crippen molar-refractivity contribution in [1.29, 1.82) is 0 Å². The highest BCUT2D eigenvalue weighted by atomic mass is 79.9. The molecular weight excluding hydrogens is 390 g/mol. The molecule has 7 heteroatoms. The SMILES string of the molecule is COc1cccc(/C=C/C(=O)Oc2c(Br)cc(/C=N/O)cc2OC)c1. The maximum absolute atomic E-state index is 12.1. The van der Waals surface area contributed by atoms with Crippen LogP contribution in [0.2, 0.25) is 0 Å². The van der Waals surface area contributed by atoms with Crippen LogP contribution in [0.3, 0.4) is 0 Å². The Kier molecular flexibility index (Phi) is 6.59. The van der Waals surface area contributed by atoms with Crippen LogP contribution in [0.5, 0.6) is 17.2 Å². The number of hydrogen-bond donors (Lipinski definition) is 1. The number of carbonyl (C=O) groups is 1. The molecule has 0 fully saturated rings. The molecule has 0 spiro atoms. The lowest BCUT2D eigenvalue weighted by Crippen LogP contribution is -2.06. The number of benzene rings is 2. The standard InChI is InChI=1S/C18H16BrNO5/c1-23-14-5-3-4-12(8-14)6-7-17(21)25-18-15(19)9-13(11-20-22)10-16(18)24-2/h3-11,22H,1-2H3/b7-6+,20-11+. The van der Waals surface area contributed by atoms with E-state index in [2.05, 4.69) is 21.1 Å². The summed E-state index contributed by atoms with van der Waals surface area (Å²) in [5.41, 5.74) is 1.38. The van der Waals surface area contributed by atoms with Gasteiger partial charge in [-0.05, 0) is 51.8 Å². The zero-order valence-electron chi connectivity index (χ0n) is 13.6. The maximum Gasteiger partial charge on any atom is 0.336 e. The normalized spacial score (nSPS) is 11.0. The predicted octanol–water partition coefficient (Wildman–Crippen LogP) is 3.89. The van der Waals surface area contributed by atoms with Gasteiger partial charge in [-0.15, -0.1) is 0 Å². The minimum absolute atomic E-state index is 0.234. The highest BCUT2D eigenvalue weighted by molar-refractivity contribution is 9.10. The first-order valence-electron chi connectivity index (χ1n) is 7.16. The number of rotatable bonds is 6. The van der Waals surface area contributed by atoms with Crippen LogP contribution in [0.15, 0.2) is 52.1 Å². The van der Waals surface area contributed by atoms with E-state index >= 15 is 0 Å². The molecule has 25 heavy (non-hydrogen) atoms. The molecule has 0 atom stereocenters. The molecule has 0 heterocycles. The van der Waals surface area contributed by atoms with E-state index in [0.717, 1.165) is 5.56 Å². The Labute approximate surface area is 153 Å². The lowest BCUT2D eigenvalue weighted by Gasteiger charge is -2.11. The molecule has 0 aliphatic heterocycles. The molecule has 0 aliphatic rings. The lowest BCUT2D eigenvalue weighted by molar-refractivity contribution is -0.129. The van der Waals surface area contributed by atoms with Crippen molar-refractivity contribution in [2.24, 2.45) is 5.16 Å². The van der Waals surface area contributed by atoms with E-state index in [1.54, 1.807) is 31.4 Å². The summed E-state index contributed by atoms with van der Waals surface area (Å²) in [7, 11) is 3.02. The second-order valence-electron chi connectivity index (χ2n) is 4.81. The minimum atomic E-state index is -0.564. The third kappa shape index (κ3) is 5.09. The van der Waals surface area contributed by atoms with Gasteiger partial charge in [-0.3, -0.25) is 0 Å². The maximum atomic E-state index is 12.1. The van der Waals surface area contributed by atoms with Gasteiger partial charge in [0.05, 0.1) is 24.9 Å². The van der Waals surface area contributed by atoms with Crippen molar-refractivity contribution in [3.63, 3.8) is 0 Å². The zero-order chi connectivity index (χ0) is 18.2. The topological polar surface area (TPSA) is 77.4 Å². The summed E-state index contributed by atoms with van der Waals surface area (Å²) in [6.07, 6.45) is 4.17. The van der Waals surface area contributed by atoms with E-state index in [9.17, 15) is 4.79 Å². The molecule has 2 aromatic carbocycles. The van der Waals surface area contributed by atoms with Gasteiger partial charge in [0, 0.05) is 11.6 Å². The fourth-order valence-corrected chi connectivity index (χ4v) is 2.56. The number of carbonyl (C=O) groups excluding carboxylic acids is 1. The quantitative estimate of drug-likeness (QED) is 0.197. The number of nitrogens with zero attached hydrogens (tertiary/aromatic N) is 1. The van der Waals surface area contributed by atoms with Gasteiger partial charge < -0.3 is 19.4 Å². The van der Waals surface area contributed by atoms with Crippen LogP contribution in [-0.4, -0.2) is 31.6 Å². The minimum Gasteiger partial charge on any atom is -0.497 e. The molecule has 0 bridgehead atoms. The van der Waals surface area contributed by atoms with E-state index in [-0.39, 0.29) is 5.75 Å². The van der Waals surface area contributed by atoms with Gasteiger partial charge in [0.25, 0.3) is 0 Å². The summed E-state index contributed by atoms with van der Waals surface area (Å²) < 4.78 is 16.2. The number of hydrogen-bond acceptors (Lipinski definition) is 6. The molecule has 0 saturated heterocycles. The molecule has 0 amide bonds. The highest BCUT2D eigenvalue weighted by Gasteiger charge is 2.14. The number of ether oxygens (including phenoxy) is 3. The molecule has 130 valence electrons. The summed E-state index contributed by atoms with van der Waals surface area (Å²) >= 11 is 3.31. The van der Waals surface area contributed by atoms with Gasteiger partial charge in [-0.25, -0.2) is 4.79 Å². The van der Waals surface area contributed by atoms with Crippen LogP contribution in [0.4, 0.5) is 0 Å². The summed E-state index contributed by atoms with van der Waals surface area (Å²) in [5.74, 6) is 0.691. The van der Waals surface area contributed by atoms with Crippen LogP contribution < -0.4 is 14.2 Å². The third-order valence-electron chi connectivity index (χ3n) is 3.17. The molecule has 1 N–H and O–H groups in total. The van der Waals surface area contributed by atoms with Crippen molar-refractivity contribution < 1.29 is 24.2 Å². The first-order valence-corrected chi connectivity index (χ1v) is 7.95. The van der Waals surface area contributed by atoms with Crippen LogP contribution in [0.1, 0.15) is 11.1 Å². The Morgan fingerprint density at radius 1 is 1.16 bits per heavy atom. The third-order valence-corrected chi connectivity index (χ3v) is 3.76. The lowest BCUT2D eigenvalue weighted by atomic mass is 10.2. The number of oxime groups is 1. The fourth-order valence-electron chi connectivity index (χ4n) is 2.02. The van der Waals surface area contributed by atoms with E-state index in [1.165, 1.54) is 19.4 Å². The Morgan fingerprint density at radius 3 is 2.64 bits per heavy atom. The van der Waals surface area contributed by atoms with E-state index in [1.807, 2.05) is 18.2 Å². The summed E-state index contributed by atoms with van der Waals surface area (Å²) in [4.78, 5) is 12.1. The van der Waals surface area contributed by atoms with E-state index < -0.39 is 5.97 Å². The smallest absolute Gasteiger partial charge is 0.336 e. The fraction of sp³-hybridized carbons (Fsp3) is 0.111. The molecule has 0 saturated carbocycles. The molecule has 2 rings (SSSR count). The van der Waals surface area contributed by atoms with Crippen molar-refractivity contribution in [1.82, 2.24) is 0 Å². The molecule has 0 aromatic heterocycles. The van der Waals surface area contributed by atoms with Crippen molar-refractivity contribution in [3.05, 3.63) is 58.1 Å². The second kappa shape index (κ2) is 8.89. The highest BCUT2D eigenvalue weighted by Crippen LogP contribution is 2.36. The molecule has 6 nitrogen and oxygen atoms in total. The van der Waals surface area contributed by atoms with Crippen LogP contribution >= 0.6 is 15.9 Å². The molecule has 0 radical (unpaired) electrons. The van der Waals surface area contributed by atoms with Crippen LogP contribution in [-0.2, 0) is 4.79 Å². The molecule has 2 aromatic rings. The largest absolute Gasteiger partial charge is 0.497 e. The summed E-state index contributed by atoms with van der Waals surface area (Å²) in [6.45, 7) is 0.